The SMILES string of the molecule is O=C(OCCO)C1CCCCC1. The Labute approximate surface area is 72.7 Å². The van der Waals surface area contributed by atoms with Crippen molar-refractivity contribution in [2.75, 3.05) is 13.2 Å². The van der Waals surface area contributed by atoms with Crippen LogP contribution in [0.5, 0.6) is 0 Å². The van der Waals surface area contributed by atoms with Crippen LogP contribution in [-0.4, -0.2) is 24.3 Å². The highest BCUT2D eigenvalue weighted by molar-refractivity contribution is 5.72. The number of rotatable bonds is 3. The molecule has 1 rings (SSSR count). The minimum absolute atomic E-state index is 0.0710. The molecular weight excluding hydrogens is 156 g/mol. The maximum Gasteiger partial charge on any atom is 0.309 e. The van der Waals surface area contributed by atoms with E-state index >= 15 is 0 Å². The van der Waals surface area contributed by atoms with E-state index in [2.05, 4.69) is 0 Å². The van der Waals surface area contributed by atoms with E-state index in [0.717, 1.165) is 25.7 Å². The van der Waals surface area contributed by atoms with E-state index in [4.69, 9.17) is 9.84 Å². The van der Waals surface area contributed by atoms with E-state index in [9.17, 15) is 4.79 Å². The summed E-state index contributed by atoms with van der Waals surface area (Å²) in [6, 6.07) is 0. The minimum atomic E-state index is -0.122. The summed E-state index contributed by atoms with van der Waals surface area (Å²) in [4.78, 5) is 11.2. The van der Waals surface area contributed by atoms with Gasteiger partial charge in [0.2, 0.25) is 0 Å². The summed E-state index contributed by atoms with van der Waals surface area (Å²) >= 11 is 0. The molecule has 0 aromatic carbocycles. The lowest BCUT2D eigenvalue weighted by Gasteiger charge is -2.19. The van der Waals surface area contributed by atoms with Crippen LogP contribution in [0.2, 0.25) is 0 Å². The zero-order chi connectivity index (χ0) is 8.81. The van der Waals surface area contributed by atoms with Gasteiger partial charge in [0.05, 0.1) is 12.5 Å². The van der Waals surface area contributed by atoms with Crippen molar-refractivity contribution >= 4 is 5.97 Å². The first-order valence-electron chi connectivity index (χ1n) is 4.62. The molecule has 3 nitrogen and oxygen atoms in total. The van der Waals surface area contributed by atoms with Gasteiger partial charge in [0.1, 0.15) is 6.61 Å². The lowest BCUT2D eigenvalue weighted by Crippen LogP contribution is -2.21. The largest absolute Gasteiger partial charge is 0.463 e. The second-order valence-electron chi connectivity index (χ2n) is 3.23. The van der Waals surface area contributed by atoms with Crippen molar-refractivity contribution in [3.05, 3.63) is 0 Å². The highest BCUT2D eigenvalue weighted by atomic mass is 16.5. The van der Waals surface area contributed by atoms with E-state index in [1.807, 2.05) is 0 Å². The molecule has 0 bridgehead atoms. The number of esters is 1. The van der Waals surface area contributed by atoms with Crippen molar-refractivity contribution in [1.82, 2.24) is 0 Å². The van der Waals surface area contributed by atoms with Crippen molar-refractivity contribution < 1.29 is 14.6 Å². The molecule has 1 saturated carbocycles. The van der Waals surface area contributed by atoms with Gasteiger partial charge in [0.25, 0.3) is 0 Å². The Morgan fingerprint density at radius 2 is 2.00 bits per heavy atom. The van der Waals surface area contributed by atoms with Crippen LogP contribution < -0.4 is 0 Å². The van der Waals surface area contributed by atoms with Crippen LogP contribution in [0.3, 0.4) is 0 Å². The normalized spacial score (nSPS) is 19.1. The van der Waals surface area contributed by atoms with E-state index in [1.165, 1.54) is 6.42 Å². The summed E-state index contributed by atoms with van der Waals surface area (Å²) in [6.45, 7) is 0.0772. The quantitative estimate of drug-likeness (QED) is 0.648. The third-order valence-corrected chi connectivity index (χ3v) is 2.27. The van der Waals surface area contributed by atoms with Crippen LogP contribution in [0.1, 0.15) is 32.1 Å². The van der Waals surface area contributed by atoms with Crippen LogP contribution in [0.15, 0.2) is 0 Å². The minimum Gasteiger partial charge on any atom is -0.463 e. The number of carbonyl (C=O) groups excluding carboxylic acids is 1. The van der Waals surface area contributed by atoms with Gasteiger partial charge in [-0.3, -0.25) is 4.79 Å². The highest BCUT2D eigenvalue weighted by Crippen LogP contribution is 2.24. The molecule has 0 unspecified atom stereocenters. The lowest BCUT2D eigenvalue weighted by molar-refractivity contribution is -0.150. The molecule has 0 aromatic heterocycles. The first-order valence-corrected chi connectivity index (χ1v) is 4.62. The number of carbonyl (C=O) groups is 1. The van der Waals surface area contributed by atoms with Crippen molar-refractivity contribution in [2.45, 2.75) is 32.1 Å². The van der Waals surface area contributed by atoms with Crippen LogP contribution in [0, 0.1) is 5.92 Å². The van der Waals surface area contributed by atoms with Crippen molar-refractivity contribution in [2.24, 2.45) is 5.92 Å². The van der Waals surface area contributed by atoms with Gasteiger partial charge in [-0.25, -0.2) is 0 Å². The fourth-order valence-corrected chi connectivity index (χ4v) is 1.60. The predicted molar refractivity (Wildman–Crippen MR) is 44.6 cm³/mol. The molecule has 0 saturated heterocycles. The molecule has 1 aliphatic carbocycles. The molecule has 1 N–H and O–H groups in total. The van der Waals surface area contributed by atoms with E-state index in [1.54, 1.807) is 0 Å². The molecule has 0 radical (unpaired) electrons. The number of hydrogen-bond acceptors (Lipinski definition) is 3. The predicted octanol–water partition coefficient (Wildman–Crippen LogP) is 1.10. The lowest BCUT2D eigenvalue weighted by atomic mass is 9.89. The second-order valence-corrected chi connectivity index (χ2v) is 3.23. The van der Waals surface area contributed by atoms with Gasteiger partial charge in [-0.2, -0.15) is 0 Å². The molecule has 0 heterocycles. The molecule has 0 aliphatic heterocycles. The molecule has 0 amide bonds. The molecule has 1 fully saturated rings. The fourth-order valence-electron chi connectivity index (χ4n) is 1.60. The maximum atomic E-state index is 11.2. The summed E-state index contributed by atoms with van der Waals surface area (Å²) in [7, 11) is 0. The van der Waals surface area contributed by atoms with Crippen molar-refractivity contribution in [1.29, 1.82) is 0 Å². The Bertz CT molecular complexity index is 139. The van der Waals surface area contributed by atoms with Gasteiger partial charge >= 0.3 is 5.97 Å². The monoisotopic (exact) mass is 172 g/mol. The Kier molecular flexibility index (Phi) is 4.08. The van der Waals surface area contributed by atoms with Gasteiger partial charge in [0.15, 0.2) is 0 Å². The van der Waals surface area contributed by atoms with Gasteiger partial charge in [-0.05, 0) is 12.8 Å². The molecule has 12 heavy (non-hydrogen) atoms. The molecule has 0 spiro atoms. The summed E-state index contributed by atoms with van der Waals surface area (Å²) in [5.74, 6) is -0.0194. The molecule has 0 aromatic rings. The summed E-state index contributed by atoms with van der Waals surface area (Å²) in [5, 5.41) is 8.44. The zero-order valence-corrected chi connectivity index (χ0v) is 7.29. The summed E-state index contributed by atoms with van der Waals surface area (Å²) in [5.41, 5.74) is 0. The molecule has 0 atom stereocenters. The summed E-state index contributed by atoms with van der Waals surface area (Å²) < 4.78 is 4.84. The number of aliphatic hydroxyl groups excluding tert-OH is 1. The molecular formula is C9H16O3. The van der Waals surface area contributed by atoms with Gasteiger partial charge in [-0.1, -0.05) is 19.3 Å². The van der Waals surface area contributed by atoms with Crippen LogP contribution >= 0.6 is 0 Å². The third kappa shape index (κ3) is 2.81. The molecule has 1 aliphatic rings. The first kappa shape index (κ1) is 9.52. The van der Waals surface area contributed by atoms with Crippen LogP contribution in [-0.2, 0) is 9.53 Å². The maximum absolute atomic E-state index is 11.2. The van der Waals surface area contributed by atoms with Gasteiger partial charge in [-0.15, -0.1) is 0 Å². The van der Waals surface area contributed by atoms with Gasteiger partial charge in [0, 0.05) is 0 Å². The Morgan fingerprint density at radius 3 is 2.58 bits per heavy atom. The summed E-state index contributed by atoms with van der Waals surface area (Å²) in [6.07, 6.45) is 5.44. The third-order valence-electron chi connectivity index (χ3n) is 2.27. The van der Waals surface area contributed by atoms with Crippen molar-refractivity contribution in [3.8, 4) is 0 Å². The van der Waals surface area contributed by atoms with E-state index in [0.29, 0.717) is 0 Å². The van der Waals surface area contributed by atoms with Crippen LogP contribution in [0.4, 0.5) is 0 Å². The van der Waals surface area contributed by atoms with Gasteiger partial charge < -0.3 is 9.84 Å². The Balaban J connectivity index is 2.20. The second kappa shape index (κ2) is 5.14. The van der Waals surface area contributed by atoms with E-state index < -0.39 is 0 Å². The zero-order valence-electron chi connectivity index (χ0n) is 7.29. The Hall–Kier alpha value is -0.570. The number of ether oxygens (including phenoxy) is 1. The molecule has 3 heteroatoms. The Morgan fingerprint density at radius 1 is 1.33 bits per heavy atom. The average Bonchev–Trinajstić information content (AvgIpc) is 2.15. The van der Waals surface area contributed by atoms with E-state index in [-0.39, 0.29) is 25.1 Å². The average molecular weight is 172 g/mol. The number of aliphatic hydroxyl groups is 1. The van der Waals surface area contributed by atoms with Crippen molar-refractivity contribution in [3.63, 3.8) is 0 Å². The molecule has 70 valence electrons. The fraction of sp³-hybridized carbons (Fsp3) is 0.889. The topological polar surface area (TPSA) is 46.5 Å². The number of hydrogen-bond donors (Lipinski definition) is 1. The standard InChI is InChI=1S/C9H16O3/c10-6-7-12-9(11)8-4-2-1-3-5-8/h8,10H,1-7H2. The van der Waals surface area contributed by atoms with Crippen LogP contribution in [0.25, 0.3) is 0 Å². The highest BCUT2D eigenvalue weighted by Gasteiger charge is 2.21. The smallest absolute Gasteiger partial charge is 0.309 e. The first-order chi connectivity index (χ1) is 5.84.